The Morgan fingerprint density at radius 3 is 0.886 bits per heavy atom. The van der Waals surface area contributed by atoms with E-state index in [1.165, 1.54) is 0 Å². The lowest BCUT2D eigenvalue weighted by molar-refractivity contribution is 0.113. The number of nitrogens with zero attached hydrogens (tertiary/aromatic N) is 9. The van der Waals surface area contributed by atoms with Crippen LogP contribution < -0.4 is 0 Å². The summed E-state index contributed by atoms with van der Waals surface area (Å²) in [6, 6.07) is 0. The average Bonchev–Trinajstić information content (AvgIpc) is 3.16. The van der Waals surface area contributed by atoms with E-state index in [1.807, 2.05) is 71.7 Å². The van der Waals surface area contributed by atoms with Crippen LogP contribution in [0.25, 0.3) is 0 Å². The summed E-state index contributed by atoms with van der Waals surface area (Å²) in [6.45, 7) is 4.88. The third-order valence-corrected chi connectivity index (χ3v) is 7.27. The molecule has 0 N–H and O–H groups in total. The minimum absolute atomic E-state index is 0.544. The van der Waals surface area contributed by atoms with Gasteiger partial charge in [0.2, 0.25) is 17.9 Å². The predicted molar refractivity (Wildman–Crippen MR) is 137 cm³/mol. The maximum atomic E-state index is 13.7. The molecule has 0 aliphatic carbocycles. The first-order chi connectivity index (χ1) is 16.7. The lowest BCUT2D eigenvalue weighted by atomic mass is 10.3. The van der Waals surface area contributed by atoms with E-state index in [0.29, 0.717) is 17.9 Å². The van der Waals surface area contributed by atoms with Gasteiger partial charge in [-0.2, -0.15) is 4.57 Å². The molecule has 3 aliphatic rings. The van der Waals surface area contributed by atoms with Crippen molar-refractivity contribution in [1.82, 2.24) is 29.4 Å². The van der Waals surface area contributed by atoms with Crippen LogP contribution in [-0.4, -0.2) is 129 Å². The predicted octanol–water partition coefficient (Wildman–Crippen LogP) is 1.93. The quantitative estimate of drug-likeness (QED) is 0.385. The fourth-order valence-electron chi connectivity index (χ4n) is 4.29. The van der Waals surface area contributed by atoms with Crippen LogP contribution in [0.4, 0.5) is 0 Å². The maximum Gasteiger partial charge on any atom is 0.710 e. The second kappa shape index (κ2) is 12.4. The summed E-state index contributed by atoms with van der Waals surface area (Å²) in [5.74, 6) is 1.63. The van der Waals surface area contributed by atoms with E-state index in [0.717, 1.165) is 77.8 Å². The lowest BCUT2D eigenvalue weighted by Crippen LogP contribution is -2.39. The zero-order valence-electron chi connectivity index (χ0n) is 22.1. The van der Waals surface area contributed by atoms with Crippen molar-refractivity contribution in [3.63, 3.8) is 0 Å². The zero-order chi connectivity index (χ0) is 25.4. The summed E-state index contributed by atoms with van der Waals surface area (Å²) in [4.78, 5) is 11.7. The lowest BCUT2D eigenvalue weighted by Gasteiger charge is -2.26. The fourth-order valence-corrected chi connectivity index (χ4v) is 4.90. The Morgan fingerprint density at radius 2 is 0.686 bits per heavy atom. The number of hydrogen-bond acceptors (Lipinski definition) is 7. The first kappa shape index (κ1) is 27.0. The Hall–Kier alpha value is -2.56. The molecule has 0 aromatic carbocycles. The highest BCUT2D eigenvalue weighted by Gasteiger charge is 2.37. The number of guanidine groups is 3. The van der Waals surface area contributed by atoms with E-state index >= 15 is 0 Å². The van der Waals surface area contributed by atoms with Crippen molar-refractivity contribution in [2.45, 2.75) is 38.5 Å². The smallest absolute Gasteiger partial charge is 0.343 e. The molecule has 14 heteroatoms. The number of rotatable bonds is 6. The van der Waals surface area contributed by atoms with Crippen LogP contribution in [0.15, 0.2) is 15.5 Å². The van der Waals surface area contributed by atoms with Crippen LogP contribution in [-0.2, 0) is 18.4 Å². The number of hydrogen-bond donors (Lipinski definition) is 0. The highest BCUT2D eigenvalue weighted by Crippen LogP contribution is 2.51. The van der Waals surface area contributed by atoms with Gasteiger partial charge in [0, 0.05) is 81.6 Å². The average molecular weight is 516 g/mol. The molecule has 3 aliphatic heterocycles. The van der Waals surface area contributed by atoms with E-state index in [2.05, 4.69) is 15.5 Å². The first-order valence-corrected chi connectivity index (χ1v) is 13.8. The van der Waals surface area contributed by atoms with Gasteiger partial charge in [-0.1, -0.05) is 0 Å². The highest BCUT2D eigenvalue weighted by atomic mass is 31.2. The van der Waals surface area contributed by atoms with E-state index < -0.39 is 7.82 Å². The van der Waals surface area contributed by atoms with Crippen LogP contribution in [0.1, 0.15) is 38.5 Å². The molecule has 0 unspecified atom stereocenters. The fraction of sp³-hybridized carbons (Fsp3) is 0.857. The molecular weight excluding hydrogens is 473 g/mol. The first-order valence-electron chi connectivity index (χ1n) is 12.4. The second-order valence-corrected chi connectivity index (χ2v) is 10.9. The van der Waals surface area contributed by atoms with Gasteiger partial charge in [0.05, 0.1) is 0 Å². The minimum atomic E-state index is -4.34. The number of phosphoric acid groups is 1. The summed E-state index contributed by atoms with van der Waals surface area (Å²) in [7, 11) is 7.17. The van der Waals surface area contributed by atoms with Gasteiger partial charge >= 0.3 is 7.82 Å². The van der Waals surface area contributed by atoms with Crippen LogP contribution in [0.3, 0.4) is 0 Å². The molecule has 0 aromatic rings. The molecule has 0 aromatic heterocycles. The molecule has 3 fully saturated rings. The van der Waals surface area contributed by atoms with Crippen molar-refractivity contribution >= 4 is 25.7 Å². The van der Waals surface area contributed by atoms with Gasteiger partial charge in [-0.3, -0.25) is 13.9 Å². The normalized spacial score (nSPS) is 20.8. The molecule has 0 radical (unpaired) electrons. The molecule has 3 rings (SSSR count). The summed E-state index contributed by atoms with van der Waals surface area (Å²) in [5.41, 5.74) is 0. The molecule has 200 valence electrons. The molecule has 0 bridgehead atoms. The van der Waals surface area contributed by atoms with Crippen LogP contribution in [0.2, 0.25) is 0 Å². The highest BCUT2D eigenvalue weighted by molar-refractivity contribution is 7.48. The van der Waals surface area contributed by atoms with E-state index in [4.69, 9.17) is 13.9 Å². The molecule has 13 nitrogen and oxygen atoms in total. The van der Waals surface area contributed by atoms with Crippen molar-refractivity contribution in [1.29, 1.82) is 0 Å². The molecule has 0 atom stereocenters. The third-order valence-electron chi connectivity index (χ3n) is 6.43. The van der Waals surface area contributed by atoms with Gasteiger partial charge in [-0.25, -0.2) is 0 Å². The third kappa shape index (κ3) is 7.46. The minimum Gasteiger partial charge on any atom is -0.343 e. The van der Waals surface area contributed by atoms with Gasteiger partial charge in [0.1, 0.15) is 0 Å². The Morgan fingerprint density at radius 1 is 0.486 bits per heavy atom. The summed E-state index contributed by atoms with van der Waals surface area (Å²) in [6.07, 6.45) is 6.19. The number of oxime groups is 3. The SMILES string of the molecule is CN1CCCCN(C)C1=NOP(=O)(ON=C1N(C)CCCCN1C)ON=C1N(C)CCCCN1C. The Kier molecular flexibility index (Phi) is 9.59. The molecule has 0 saturated carbocycles. The van der Waals surface area contributed by atoms with Crippen molar-refractivity contribution < 1.29 is 18.4 Å². The molecule has 3 saturated heterocycles. The van der Waals surface area contributed by atoms with E-state index in [9.17, 15) is 4.57 Å². The standard InChI is InChI=1S/C21H42N9O4P/c1-25-13-7-8-14-26(2)19(25)22-32-35(31,33-23-20-27(3)15-9-10-16-28(20)4)34-24-21-29(5)17-11-12-18-30(21)6/h7-18H2,1-6H3. The van der Waals surface area contributed by atoms with Crippen LogP contribution >= 0.6 is 7.82 Å². The van der Waals surface area contributed by atoms with Crippen molar-refractivity contribution in [3.05, 3.63) is 0 Å². The van der Waals surface area contributed by atoms with Crippen LogP contribution in [0, 0.1) is 0 Å². The second-order valence-electron chi connectivity index (χ2n) is 9.52. The van der Waals surface area contributed by atoms with E-state index in [-0.39, 0.29) is 0 Å². The van der Waals surface area contributed by atoms with Crippen molar-refractivity contribution in [2.75, 3.05) is 81.6 Å². The van der Waals surface area contributed by atoms with Gasteiger partial charge < -0.3 is 29.4 Å². The molecule has 0 amide bonds. The van der Waals surface area contributed by atoms with Gasteiger partial charge in [0.15, 0.2) is 0 Å². The Bertz CT molecular complexity index is 693. The Labute approximate surface area is 209 Å². The summed E-state index contributed by atoms with van der Waals surface area (Å²) < 4.78 is 30.2. The van der Waals surface area contributed by atoms with Crippen LogP contribution in [0.5, 0.6) is 0 Å². The summed E-state index contributed by atoms with van der Waals surface area (Å²) >= 11 is 0. The van der Waals surface area contributed by atoms with Gasteiger partial charge in [-0.05, 0) is 54.0 Å². The maximum absolute atomic E-state index is 13.7. The summed E-state index contributed by atoms with van der Waals surface area (Å²) in [5, 5.41) is 12.5. The largest absolute Gasteiger partial charge is 0.710 e. The van der Waals surface area contributed by atoms with E-state index in [1.54, 1.807) is 0 Å². The van der Waals surface area contributed by atoms with Crippen molar-refractivity contribution in [3.8, 4) is 0 Å². The van der Waals surface area contributed by atoms with Crippen molar-refractivity contribution in [2.24, 2.45) is 15.5 Å². The molecule has 35 heavy (non-hydrogen) atoms. The molecule has 3 heterocycles. The molecular formula is C21H42N9O4P. The zero-order valence-corrected chi connectivity index (χ0v) is 23.0. The Balaban J connectivity index is 1.87. The van der Waals surface area contributed by atoms with Gasteiger partial charge in [-0.15, -0.1) is 0 Å². The molecule has 0 spiro atoms. The van der Waals surface area contributed by atoms with Gasteiger partial charge in [0.25, 0.3) is 0 Å². The topological polar surface area (TPSA) is 101 Å². The monoisotopic (exact) mass is 515 g/mol.